The second-order valence-corrected chi connectivity index (χ2v) is 4.45. The summed E-state index contributed by atoms with van der Waals surface area (Å²) >= 11 is 3.37. The van der Waals surface area contributed by atoms with Gasteiger partial charge in [-0.15, -0.1) is 0 Å². The largest absolute Gasteiger partial charge is 0.383 e. The van der Waals surface area contributed by atoms with Crippen molar-refractivity contribution in [3.8, 4) is 0 Å². The standard InChI is InChI=1S/C12H17BrFNO/c1-3-7-15-11(8-16-2)12-9(13)5-4-6-10(12)14/h4-6,11,15H,3,7-8H2,1-2H3. The van der Waals surface area contributed by atoms with Crippen LogP contribution in [0.25, 0.3) is 0 Å². The van der Waals surface area contributed by atoms with E-state index in [1.807, 2.05) is 6.07 Å². The van der Waals surface area contributed by atoms with Gasteiger partial charge in [0.05, 0.1) is 12.6 Å². The molecule has 1 atom stereocenters. The van der Waals surface area contributed by atoms with E-state index in [1.165, 1.54) is 6.07 Å². The first-order valence-electron chi connectivity index (χ1n) is 5.37. The third-order valence-corrected chi connectivity index (χ3v) is 3.01. The van der Waals surface area contributed by atoms with Crippen LogP contribution in [0.15, 0.2) is 22.7 Å². The molecule has 4 heteroatoms. The summed E-state index contributed by atoms with van der Waals surface area (Å²) in [6.07, 6.45) is 1.01. The lowest BCUT2D eigenvalue weighted by molar-refractivity contribution is 0.165. The minimum absolute atomic E-state index is 0.111. The Morgan fingerprint density at radius 3 is 2.81 bits per heavy atom. The zero-order valence-corrected chi connectivity index (χ0v) is 11.2. The Morgan fingerprint density at radius 2 is 2.25 bits per heavy atom. The molecule has 0 saturated heterocycles. The number of halogens is 2. The van der Waals surface area contributed by atoms with Crippen molar-refractivity contribution in [3.63, 3.8) is 0 Å². The molecule has 1 N–H and O–H groups in total. The molecule has 0 spiro atoms. The van der Waals surface area contributed by atoms with Gasteiger partial charge in [0.25, 0.3) is 0 Å². The lowest BCUT2D eigenvalue weighted by Crippen LogP contribution is -2.27. The van der Waals surface area contributed by atoms with E-state index < -0.39 is 0 Å². The second kappa shape index (κ2) is 6.99. The Hall–Kier alpha value is -0.450. The van der Waals surface area contributed by atoms with E-state index in [-0.39, 0.29) is 11.9 Å². The zero-order valence-electron chi connectivity index (χ0n) is 9.59. The number of ether oxygens (including phenoxy) is 1. The van der Waals surface area contributed by atoms with Crippen LogP contribution in [-0.2, 0) is 4.74 Å². The molecule has 0 aromatic heterocycles. The maximum absolute atomic E-state index is 13.7. The summed E-state index contributed by atoms with van der Waals surface area (Å²) in [5.41, 5.74) is 0.637. The van der Waals surface area contributed by atoms with E-state index in [4.69, 9.17) is 4.74 Å². The highest BCUT2D eigenvalue weighted by atomic mass is 79.9. The smallest absolute Gasteiger partial charge is 0.129 e. The fourth-order valence-electron chi connectivity index (χ4n) is 1.57. The molecule has 0 aliphatic rings. The maximum Gasteiger partial charge on any atom is 0.129 e. The summed E-state index contributed by atoms with van der Waals surface area (Å²) < 4.78 is 19.6. The molecule has 90 valence electrons. The van der Waals surface area contributed by atoms with E-state index in [0.717, 1.165) is 17.4 Å². The summed E-state index contributed by atoms with van der Waals surface area (Å²) in [5.74, 6) is -0.208. The number of methoxy groups -OCH3 is 1. The van der Waals surface area contributed by atoms with Crippen molar-refractivity contribution >= 4 is 15.9 Å². The second-order valence-electron chi connectivity index (χ2n) is 3.60. The van der Waals surface area contributed by atoms with Gasteiger partial charge in [-0.05, 0) is 25.1 Å². The minimum atomic E-state index is -0.208. The Labute approximate surface area is 104 Å². The molecule has 16 heavy (non-hydrogen) atoms. The number of nitrogens with one attached hydrogen (secondary N) is 1. The zero-order chi connectivity index (χ0) is 12.0. The van der Waals surface area contributed by atoms with Gasteiger partial charge in [0, 0.05) is 17.1 Å². The quantitative estimate of drug-likeness (QED) is 0.868. The predicted molar refractivity (Wildman–Crippen MR) is 67.0 cm³/mol. The molecule has 1 aromatic carbocycles. The van der Waals surface area contributed by atoms with Crippen LogP contribution in [0.5, 0.6) is 0 Å². The van der Waals surface area contributed by atoms with Gasteiger partial charge in [-0.3, -0.25) is 0 Å². The molecule has 2 nitrogen and oxygen atoms in total. The monoisotopic (exact) mass is 289 g/mol. The first-order chi connectivity index (χ1) is 7.70. The summed E-state index contributed by atoms with van der Waals surface area (Å²) in [5, 5.41) is 3.27. The highest BCUT2D eigenvalue weighted by Crippen LogP contribution is 2.26. The SMILES string of the molecule is CCCNC(COC)c1c(F)cccc1Br. The Balaban J connectivity index is 2.90. The molecule has 1 aromatic rings. The molecule has 0 saturated carbocycles. The molecule has 1 unspecified atom stereocenters. The van der Waals surface area contributed by atoms with Crippen molar-refractivity contribution in [3.05, 3.63) is 34.1 Å². The average molecular weight is 290 g/mol. The van der Waals surface area contributed by atoms with Crippen molar-refractivity contribution in [2.24, 2.45) is 0 Å². The van der Waals surface area contributed by atoms with Crippen LogP contribution >= 0.6 is 15.9 Å². The molecule has 0 bridgehead atoms. The Bertz CT molecular complexity index is 313. The van der Waals surface area contributed by atoms with Crippen LogP contribution in [0.1, 0.15) is 24.9 Å². The Kier molecular flexibility index (Phi) is 5.95. The van der Waals surface area contributed by atoms with E-state index >= 15 is 0 Å². The van der Waals surface area contributed by atoms with Crippen LogP contribution in [0.4, 0.5) is 4.39 Å². The summed E-state index contributed by atoms with van der Waals surface area (Å²) in [6, 6.07) is 4.89. The van der Waals surface area contributed by atoms with Crippen molar-refractivity contribution in [1.82, 2.24) is 5.32 Å². The van der Waals surface area contributed by atoms with Gasteiger partial charge in [0.1, 0.15) is 5.82 Å². The lowest BCUT2D eigenvalue weighted by atomic mass is 10.1. The van der Waals surface area contributed by atoms with Crippen LogP contribution in [-0.4, -0.2) is 20.3 Å². The minimum Gasteiger partial charge on any atom is -0.383 e. The van der Waals surface area contributed by atoms with Crippen LogP contribution in [0, 0.1) is 5.82 Å². The van der Waals surface area contributed by atoms with Gasteiger partial charge in [-0.1, -0.05) is 28.9 Å². The summed E-state index contributed by atoms with van der Waals surface area (Å²) in [4.78, 5) is 0. The van der Waals surface area contributed by atoms with Crippen molar-refractivity contribution in [2.75, 3.05) is 20.3 Å². The highest BCUT2D eigenvalue weighted by Gasteiger charge is 2.17. The van der Waals surface area contributed by atoms with Crippen LogP contribution in [0.2, 0.25) is 0 Å². The molecule has 0 aliphatic carbocycles. The third-order valence-electron chi connectivity index (χ3n) is 2.32. The topological polar surface area (TPSA) is 21.3 Å². The predicted octanol–water partition coefficient (Wildman–Crippen LogP) is 3.28. The molecule has 0 heterocycles. The number of hydrogen-bond donors (Lipinski definition) is 1. The molecule has 0 radical (unpaired) electrons. The average Bonchev–Trinajstić information content (AvgIpc) is 2.25. The van der Waals surface area contributed by atoms with Crippen molar-refractivity contribution in [1.29, 1.82) is 0 Å². The first kappa shape index (κ1) is 13.6. The molecular formula is C12H17BrFNO. The first-order valence-corrected chi connectivity index (χ1v) is 6.16. The van der Waals surface area contributed by atoms with Crippen LogP contribution in [0.3, 0.4) is 0 Å². The van der Waals surface area contributed by atoms with Gasteiger partial charge < -0.3 is 10.1 Å². The molecule has 0 amide bonds. The molecular weight excluding hydrogens is 273 g/mol. The molecule has 0 aliphatic heterocycles. The van der Waals surface area contributed by atoms with Gasteiger partial charge >= 0.3 is 0 Å². The third kappa shape index (κ3) is 3.54. The fraction of sp³-hybridized carbons (Fsp3) is 0.500. The lowest BCUT2D eigenvalue weighted by Gasteiger charge is -2.20. The normalized spacial score (nSPS) is 12.8. The fourth-order valence-corrected chi connectivity index (χ4v) is 2.19. The van der Waals surface area contributed by atoms with Crippen LogP contribution < -0.4 is 5.32 Å². The molecule has 0 fully saturated rings. The van der Waals surface area contributed by atoms with Gasteiger partial charge in [-0.25, -0.2) is 4.39 Å². The number of benzene rings is 1. The van der Waals surface area contributed by atoms with Gasteiger partial charge in [0.15, 0.2) is 0 Å². The maximum atomic E-state index is 13.7. The number of hydrogen-bond acceptors (Lipinski definition) is 2. The highest BCUT2D eigenvalue weighted by molar-refractivity contribution is 9.10. The van der Waals surface area contributed by atoms with Crippen molar-refractivity contribution in [2.45, 2.75) is 19.4 Å². The number of rotatable bonds is 6. The van der Waals surface area contributed by atoms with E-state index in [2.05, 4.69) is 28.2 Å². The van der Waals surface area contributed by atoms with Gasteiger partial charge in [-0.2, -0.15) is 0 Å². The van der Waals surface area contributed by atoms with E-state index in [1.54, 1.807) is 13.2 Å². The summed E-state index contributed by atoms with van der Waals surface area (Å²) in [7, 11) is 1.62. The molecule has 1 rings (SSSR count). The van der Waals surface area contributed by atoms with Crippen molar-refractivity contribution < 1.29 is 9.13 Å². The summed E-state index contributed by atoms with van der Waals surface area (Å²) in [6.45, 7) is 3.38. The van der Waals surface area contributed by atoms with Gasteiger partial charge in [0.2, 0.25) is 0 Å². The Morgan fingerprint density at radius 1 is 1.50 bits per heavy atom. The van der Waals surface area contributed by atoms with E-state index in [9.17, 15) is 4.39 Å². The van der Waals surface area contributed by atoms with E-state index in [0.29, 0.717) is 12.2 Å².